The summed E-state index contributed by atoms with van der Waals surface area (Å²) in [6.07, 6.45) is 0. The second kappa shape index (κ2) is 9.72. The van der Waals surface area contributed by atoms with E-state index in [2.05, 4.69) is 10.0 Å². The monoisotopic (exact) mass is 460 g/mol. The number of rotatable bonds is 8. The molecule has 0 spiro atoms. The lowest BCUT2D eigenvalue weighted by Crippen LogP contribution is -2.20. The first-order valence-electron chi connectivity index (χ1n) is 9.22. The average Bonchev–Trinajstić information content (AvgIpc) is 2.75. The second-order valence-corrected chi connectivity index (χ2v) is 8.70. The average molecular weight is 461 g/mol. The summed E-state index contributed by atoms with van der Waals surface area (Å²) in [5.74, 6) is 0.622. The zero-order chi connectivity index (χ0) is 22.4. The molecule has 3 aromatic rings. The Balaban J connectivity index is 1.57. The van der Waals surface area contributed by atoms with Gasteiger partial charge in [-0.2, -0.15) is 0 Å². The Bertz CT molecular complexity index is 1160. The van der Waals surface area contributed by atoms with Crippen molar-refractivity contribution < 1.29 is 22.7 Å². The predicted octanol–water partition coefficient (Wildman–Crippen LogP) is 4.48. The van der Waals surface area contributed by atoms with Crippen molar-refractivity contribution in [3.8, 4) is 11.5 Å². The van der Waals surface area contributed by atoms with E-state index in [9.17, 15) is 13.2 Å². The summed E-state index contributed by atoms with van der Waals surface area (Å²) in [6, 6.07) is 17.5. The Hall–Kier alpha value is -3.23. The van der Waals surface area contributed by atoms with Crippen LogP contribution in [0.1, 0.15) is 5.56 Å². The number of methoxy groups -OCH3 is 1. The van der Waals surface area contributed by atoms with Gasteiger partial charge in [-0.1, -0.05) is 17.7 Å². The number of ether oxygens (including phenoxy) is 2. The maximum atomic E-state index is 12.5. The Morgan fingerprint density at radius 2 is 1.55 bits per heavy atom. The van der Waals surface area contributed by atoms with Gasteiger partial charge in [-0.25, -0.2) is 8.42 Å². The number of hydrogen-bond donors (Lipinski definition) is 2. The fourth-order valence-electron chi connectivity index (χ4n) is 2.60. The molecule has 9 heteroatoms. The van der Waals surface area contributed by atoms with Crippen molar-refractivity contribution in [3.05, 3.63) is 77.3 Å². The molecule has 0 aliphatic rings. The standard InChI is InChI=1S/C22H21ClN2O5S/c1-15-3-4-17(13-21(15)23)24-22(26)14-30-19-9-11-20(12-10-19)31(27,28)25-16-5-7-18(29-2)8-6-16/h3-13,25H,14H2,1-2H3,(H,24,26). The molecule has 7 nitrogen and oxygen atoms in total. The topological polar surface area (TPSA) is 93.7 Å². The molecule has 0 aliphatic carbocycles. The third-order valence-electron chi connectivity index (χ3n) is 4.30. The fraction of sp³-hybridized carbons (Fsp3) is 0.136. The van der Waals surface area contributed by atoms with Crippen molar-refractivity contribution in [1.82, 2.24) is 0 Å². The third-order valence-corrected chi connectivity index (χ3v) is 6.11. The quantitative estimate of drug-likeness (QED) is 0.517. The SMILES string of the molecule is COc1ccc(NS(=O)(=O)c2ccc(OCC(=O)Nc3ccc(C)c(Cl)c3)cc2)cc1. The summed E-state index contributed by atoms with van der Waals surface area (Å²) >= 11 is 6.04. The molecule has 0 atom stereocenters. The summed E-state index contributed by atoms with van der Waals surface area (Å²) in [6.45, 7) is 1.63. The van der Waals surface area contributed by atoms with Crippen molar-refractivity contribution in [2.45, 2.75) is 11.8 Å². The lowest BCUT2D eigenvalue weighted by Gasteiger charge is -2.11. The van der Waals surface area contributed by atoms with Gasteiger partial charge in [0.25, 0.3) is 15.9 Å². The van der Waals surface area contributed by atoms with Gasteiger partial charge >= 0.3 is 0 Å². The molecule has 0 fully saturated rings. The summed E-state index contributed by atoms with van der Waals surface area (Å²) in [7, 11) is -2.24. The van der Waals surface area contributed by atoms with Crippen LogP contribution in [-0.2, 0) is 14.8 Å². The molecule has 3 rings (SSSR count). The first-order valence-corrected chi connectivity index (χ1v) is 11.1. The van der Waals surface area contributed by atoms with Crippen LogP contribution in [0.15, 0.2) is 71.6 Å². The van der Waals surface area contributed by atoms with E-state index in [-0.39, 0.29) is 17.4 Å². The molecule has 2 N–H and O–H groups in total. The van der Waals surface area contributed by atoms with Gasteiger partial charge in [0.15, 0.2) is 6.61 Å². The van der Waals surface area contributed by atoms with Gasteiger partial charge in [-0.3, -0.25) is 9.52 Å². The van der Waals surface area contributed by atoms with Crippen LogP contribution in [0, 0.1) is 6.92 Å². The van der Waals surface area contributed by atoms with Gasteiger partial charge in [0, 0.05) is 16.4 Å². The van der Waals surface area contributed by atoms with E-state index in [0.717, 1.165) is 5.56 Å². The Morgan fingerprint density at radius 3 is 2.16 bits per heavy atom. The first kappa shape index (κ1) is 22.5. The van der Waals surface area contributed by atoms with Crippen LogP contribution in [-0.4, -0.2) is 28.0 Å². The summed E-state index contributed by atoms with van der Waals surface area (Å²) < 4.78 is 38.0. The molecular formula is C22H21ClN2O5S. The van der Waals surface area contributed by atoms with Crippen LogP contribution in [0.5, 0.6) is 11.5 Å². The maximum Gasteiger partial charge on any atom is 0.262 e. The summed E-state index contributed by atoms with van der Waals surface area (Å²) in [5.41, 5.74) is 1.89. The van der Waals surface area contributed by atoms with Crippen LogP contribution in [0.2, 0.25) is 5.02 Å². The molecule has 0 aromatic heterocycles. The van der Waals surface area contributed by atoms with Crippen LogP contribution < -0.4 is 19.5 Å². The lowest BCUT2D eigenvalue weighted by molar-refractivity contribution is -0.118. The van der Waals surface area contributed by atoms with Gasteiger partial charge in [0.1, 0.15) is 11.5 Å². The lowest BCUT2D eigenvalue weighted by atomic mass is 10.2. The number of sulfonamides is 1. The highest BCUT2D eigenvalue weighted by Gasteiger charge is 2.14. The minimum absolute atomic E-state index is 0.0643. The Labute approximate surface area is 186 Å². The van der Waals surface area contributed by atoms with Crippen molar-refractivity contribution >= 4 is 38.9 Å². The van der Waals surface area contributed by atoms with Gasteiger partial charge in [0.05, 0.1) is 12.0 Å². The van der Waals surface area contributed by atoms with E-state index in [0.29, 0.717) is 27.9 Å². The predicted molar refractivity (Wildman–Crippen MR) is 121 cm³/mol. The third kappa shape index (κ3) is 6.13. The number of aryl methyl sites for hydroxylation is 1. The number of carbonyl (C=O) groups is 1. The molecule has 0 bridgehead atoms. The largest absolute Gasteiger partial charge is 0.497 e. The minimum Gasteiger partial charge on any atom is -0.497 e. The van der Waals surface area contributed by atoms with Crippen molar-refractivity contribution in [3.63, 3.8) is 0 Å². The molecule has 0 saturated carbocycles. The molecule has 0 heterocycles. The zero-order valence-corrected chi connectivity index (χ0v) is 18.5. The highest BCUT2D eigenvalue weighted by atomic mass is 35.5. The number of anilines is 2. The molecular weight excluding hydrogens is 440 g/mol. The van der Waals surface area contributed by atoms with Crippen LogP contribution in [0.3, 0.4) is 0 Å². The number of amides is 1. The number of benzene rings is 3. The molecule has 0 aliphatic heterocycles. The van der Waals surface area contributed by atoms with Gasteiger partial charge in [-0.05, 0) is 73.2 Å². The molecule has 1 amide bonds. The van der Waals surface area contributed by atoms with E-state index >= 15 is 0 Å². The van der Waals surface area contributed by atoms with Gasteiger partial charge in [-0.15, -0.1) is 0 Å². The van der Waals surface area contributed by atoms with Crippen molar-refractivity contribution in [2.24, 2.45) is 0 Å². The number of carbonyl (C=O) groups excluding carboxylic acids is 1. The van der Waals surface area contributed by atoms with E-state index in [1.165, 1.54) is 31.4 Å². The van der Waals surface area contributed by atoms with Crippen LogP contribution in [0.4, 0.5) is 11.4 Å². The molecule has 3 aromatic carbocycles. The van der Waals surface area contributed by atoms with Gasteiger partial charge in [0.2, 0.25) is 0 Å². The molecule has 31 heavy (non-hydrogen) atoms. The summed E-state index contributed by atoms with van der Waals surface area (Å²) in [5, 5.41) is 3.24. The van der Waals surface area contributed by atoms with Crippen LogP contribution in [0.25, 0.3) is 0 Å². The highest BCUT2D eigenvalue weighted by molar-refractivity contribution is 7.92. The van der Waals surface area contributed by atoms with E-state index in [1.54, 1.807) is 42.5 Å². The number of hydrogen-bond acceptors (Lipinski definition) is 5. The number of nitrogens with one attached hydrogen (secondary N) is 2. The normalized spacial score (nSPS) is 10.9. The van der Waals surface area contributed by atoms with E-state index < -0.39 is 10.0 Å². The van der Waals surface area contributed by atoms with E-state index in [1.807, 2.05) is 6.92 Å². The van der Waals surface area contributed by atoms with E-state index in [4.69, 9.17) is 21.1 Å². The molecule has 162 valence electrons. The smallest absolute Gasteiger partial charge is 0.262 e. The number of halogens is 1. The van der Waals surface area contributed by atoms with Crippen LogP contribution >= 0.6 is 11.6 Å². The Kier molecular flexibility index (Phi) is 7.04. The maximum absolute atomic E-state index is 12.5. The summed E-state index contributed by atoms with van der Waals surface area (Å²) in [4.78, 5) is 12.1. The fourth-order valence-corrected chi connectivity index (χ4v) is 3.84. The molecule has 0 unspecified atom stereocenters. The molecule has 0 saturated heterocycles. The first-order chi connectivity index (χ1) is 14.8. The highest BCUT2D eigenvalue weighted by Crippen LogP contribution is 2.22. The Morgan fingerprint density at radius 1 is 0.935 bits per heavy atom. The van der Waals surface area contributed by atoms with Crippen molar-refractivity contribution in [2.75, 3.05) is 23.8 Å². The van der Waals surface area contributed by atoms with Gasteiger partial charge < -0.3 is 14.8 Å². The minimum atomic E-state index is -3.77. The zero-order valence-electron chi connectivity index (χ0n) is 16.9. The second-order valence-electron chi connectivity index (χ2n) is 6.61. The molecule has 0 radical (unpaired) electrons. The van der Waals surface area contributed by atoms with Crippen molar-refractivity contribution in [1.29, 1.82) is 0 Å².